The summed E-state index contributed by atoms with van der Waals surface area (Å²) < 4.78 is 3.85. The molecule has 0 aromatic carbocycles. The second-order valence-corrected chi connectivity index (χ2v) is 5.38. The Balaban J connectivity index is -0.0000000298. The molecule has 7 nitrogen and oxygen atoms in total. The largest absolute Gasteiger partial charge is 0.668 e. The first-order valence-electron chi connectivity index (χ1n) is 10.0. The van der Waals surface area contributed by atoms with Crippen LogP contribution in [-0.2, 0) is 43.3 Å². The van der Waals surface area contributed by atoms with E-state index in [1.165, 1.54) is 20.9 Å². The van der Waals surface area contributed by atoms with Crippen LogP contribution < -0.4 is 0 Å². The van der Waals surface area contributed by atoms with Crippen molar-refractivity contribution in [3.05, 3.63) is 31.9 Å². The van der Waals surface area contributed by atoms with Crippen LogP contribution in [0.2, 0.25) is 0 Å². The average molecular weight is 754 g/mol. The van der Waals surface area contributed by atoms with Crippen molar-refractivity contribution in [2.45, 2.75) is 48.5 Å². The molecule has 0 aliphatic rings. The zero-order valence-electron chi connectivity index (χ0n) is 22.0. The van der Waals surface area contributed by atoms with E-state index in [0.717, 1.165) is 45.8 Å². The van der Waals surface area contributed by atoms with Crippen molar-refractivity contribution in [2.24, 2.45) is 3.34 Å². The Labute approximate surface area is 214 Å². The number of rotatable bonds is 7. The monoisotopic (exact) mass is 753 g/mol. The molecule has 0 unspecified atom stereocenters. The van der Waals surface area contributed by atoms with Gasteiger partial charge in [-0.3, -0.25) is 0 Å². The van der Waals surface area contributed by atoms with E-state index in [4.69, 9.17) is 0 Å². The van der Waals surface area contributed by atoms with Crippen LogP contribution in [0, 0.1) is 0 Å². The molecule has 0 saturated carbocycles. The maximum Gasteiger partial charge on any atom is 0 e. The van der Waals surface area contributed by atoms with Crippen molar-refractivity contribution < 1.29 is 43.3 Å². The fourth-order valence-electron chi connectivity index (χ4n) is 0.671. The molecule has 9 heteroatoms. The number of hydrogen-bond acceptors (Lipinski definition) is 1. The number of nitrogens with zero attached hydrogens (tertiary/aromatic N) is 7. The van der Waals surface area contributed by atoms with Crippen LogP contribution in [0.4, 0.5) is 0 Å². The van der Waals surface area contributed by atoms with Gasteiger partial charge in [0.2, 0.25) is 0 Å². The van der Waals surface area contributed by atoms with Crippen molar-refractivity contribution in [1.82, 2.24) is 0 Å². The molecule has 0 heterocycles. The van der Waals surface area contributed by atoms with Gasteiger partial charge in [0.25, 0.3) is 0 Å². The molecule has 0 spiro atoms. The van der Waals surface area contributed by atoms with Crippen molar-refractivity contribution in [3.8, 4) is 0 Å². The van der Waals surface area contributed by atoms with Gasteiger partial charge in [-0.2, -0.15) is 81.6 Å². The summed E-state index contributed by atoms with van der Waals surface area (Å²) in [5.74, 6) is 0. The average Bonchev–Trinajstić information content (AvgIpc) is 2.67. The Kier molecular flexibility index (Phi) is 182. The Bertz CT molecular complexity index is 134. The van der Waals surface area contributed by atoms with E-state index in [9.17, 15) is 0 Å². The molecule has 1 radical (unpaired) electrons. The molecule has 0 fully saturated rings. The van der Waals surface area contributed by atoms with E-state index >= 15 is 0 Å². The van der Waals surface area contributed by atoms with Crippen LogP contribution >= 0.6 is 0 Å². The third-order valence-corrected chi connectivity index (χ3v) is 2.50. The molecule has 0 aromatic rings. The topological polar surface area (TPSA) is 97.0 Å². The Hall–Kier alpha value is 1.04. The number of hydrogen-bond donors (Lipinski definition) is 0. The minimum atomic E-state index is 0. The summed E-state index contributed by atoms with van der Waals surface area (Å²) in [6.45, 7) is 21.1. The van der Waals surface area contributed by atoms with Crippen LogP contribution in [0.15, 0.2) is 3.34 Å². The van der Waals surface area contributed by atoms with Crippen molar-refractivity contribution in [3.63, 3.8) is 0 Å². The van der Waals surface area contributed by atoms with Gasteiger partial charge in [-0.25, -0.2) is 0 Å². The Morgan fingerprint density at radius 3 is 0.586 bits per heavy atom. The molecule has 0 rings (SSSR count). The molecule has 0 amide bonds. The summed E-state index contributed by atoms with van der Waals surface area (Å²) in [6.07, 6.45) is 0. The summed E-state index contributed by atoms with van der Waals surface area (Å²) in [7, 11) is 10.5. The molecular formula is C20H53N7Ta2-6. The standard InChI is InChI=1S/3C4H10N.3C2H6N.C2H5N.2Ta/c3*1-3-5-4-2;3*1-3-2;1-2-3;;/h3*3-4H2,1-2H3;3*1-2H3;2H2,1H3;;/q6*-1;;;. The summed E-state index contributed by atoms with van der Waals surface area (Å²) in [4.78, 5) is 0. The first-order chi connectivity index (χ1) is 13.4. The predicted octanol–water partition coefficient (Wildman–Crippen LogP) is 6.79. The third kappa shape index (κ3) is 328. The maximum absolute atomic E-state index is 3.97. The SMILES string of the molecule is CC[N-]CC.CC[N-]CC.CC[N-]CC.CC[N]=[Ta].C[N-]C.C[N-]C.C[N-]C.[Ta]. The van der Waals surface area contributed by atoms with E-state index < -0.39 is 0 Å². The molecule has 0 N–H and O–H groups in total. The van der Waals surface area contributed by atoms with Gasteiger partial charge in [0.15, 0.2) is 0 Å². The van der Waals surface area contributed by atoms with Crippen molar-refractivity contribution in [1.29, 1.82) is 0 Å². The molecule has 0 atom stereocenters. The van der Waals surface area contributed by atoms with Crippen LogP contribution in [-0.4, -0.2) is 88.1 Å². The van der Waals surface area contributed by atoms with Gasteiger partial charge in [-0.05, 0) is 0 Å². The molecular weight excluding hydrogens is 700 g/mol. The van der Waals surface area contributed by atoms with Crippen LogP contribution in [0.3, 0.4) is 0 Å². The van der Waals surface area contributed by atoms with Crippen LogP contribution in [0.5, 0.6) is 0 Å². The van der Waals surface area contributed by atoms with Crippen molar-refractivity contribution >= 4 is 0 Å². The van der Waals surface area contributed by atoms with Gasteiger partial charge in [-0.1, -0.05) is 41.5 Å². The van der Waals surface area contributed by atoms with Gasteiger partial charge >= 0.3 is 37.7 Å². The molecule has 0 bridgehead atoms. The Morgan fingerprint density at radius 2 is 0.586 bits per heavy atom. The molecule has 29 heavy (non-hydrogen) atoms. The van der Waals surface area contributed by atoms with Gasteiger partial charge in [0.1, 0.15) is 0 Å². The Morgan fingerprint density at radius 1 is 0.483 bits per heavy atom. The summed E-state index contributed by atoms with van der Waals surface area (Å²) in [5, 5.41) is 22.4. The quantitative estimate of drug-likeness (QED) is 0.274. The molecule has 0 aromatic heterocycles. The minimum Gasteiger partial charge on any atom is -0.668 e. The summed E-state index contributed by atoms with van der Waals surface area (Å²) >= 11 is 1.17. The van der Waals surface area contributed by atoms with Crippen LogP contribution in [0.1, 0.15) is 48.5 Å². The van der Waals surface area contributed by atoms with E-state index in [2.05, 4.69) is 35.2 Å². The zero-order chi connectivity index (χ0) is 23.9. The fourth-order valence-corrected chi connectivity index (χ4v) is 0.671. The van der Waals surface area contributed by atoms with Gasteiger partial charge < -0.3 is 31.9 Å². The molecule has 0 saturated heterocycles. The van der Waals surface area contributed by atoms with Crippen LogP contribution in [0.25, 0.3) is 31.9 Å². The van der Waals surface area contributed by atoms with Crippen molar-refractivity contribution in [2.75, 3.05) is 88.1 Å². The summed E-state index contributed by atoms with van der Waals surface area (Å²) in [5.41, 5.74) is 0. The maximum atomic E-state index is 3.97. The normalized spacial score (nSPS) is 7.03. The third-order valence-electron chi connectivity index (χ3n) is 1.48. The zero-order valence-corrected chi connectivity index (χ0v) is 28.4. The smallest absolute Gasteiger partial charge is 0 e. The fraction of sp³-hybridized carbons (Fsp3) is 1.00. The molecule has 0 aliphatic heterocycles. The minimum absolute atomic E-state index is 0. The van der Waals surface area contributed by atoms with E-state index in [1.54, 1.807) is 42.3 Å². The van der Waals surface area contributed by atoms with E-state index in [0.29, 0.717) is 0 Å². The molecule has 184 valence electrons. The van der Waals surface area contributed by atoms with E-state index in [-0.39, 0.29) is 22.4 Å². The first kappa shape index (κ1) is 52.2. The predicted molar refractivity (Wildman–Crippen MR) is 132 cm³/mol. The van der Waals surface area contributed by atoms with Gasteiger partial charge in [0, 0.05) is 22.4 Å². The van der Waals surface area contributed by atoms with E-state index in [1.807, 2.05) is 48.5 Å². The molecule has 0 aliphatic carbocycles. The second kappa shape index (κ2) is 101. The van der Waals surface area contributed by atoms with Gasteiger partial charge in [0.05, 0.1) is 0 Å². The van der Waals surface area contributed by atoms with Gasteiger partial charge in [-0.15, -0.1) is 0 Å². The summed E-state index contributed by atoms with van der Waals surface area (Å²) in [6, 6.07) is 0. The second-order valence-electron chi connectivity index (χ2n) is 4.37. The first-order valence-corrected chi connectivity index (χ1v) is 11.5.